The van der Waals surface area contributed by atoms with Crippen molar-refractivity contribution in [2.45, 2.75) is 31.7 Å². The average Bonchev–Trinajstić information content (AvgIpc) is 3.18. The molecule has 34 heavy (non-hydrogen) atoms. The summed E-state index contributed by atoms with van der Waals surface area (Å²) in [4.78, 5) is 12.5. The standard InChI is InChI=1S/C27H25F3N2O2/c1-34-26(33)24(31-16-20-10-7-11-22(14-20)27(28,29)30)15-21-18-32(17-19-8-3-2-4-9-19)25-13-6-5-12-23(21)25/h2-14,18,24,31H,15-17H2,1H3/t24-/m1/s1. The Bertz CT molecular complexity index is 1270. The molecule has 1 heterocycles. The number of carbonyl (C=O) groups excluding carboxylic acids is 1. The number of halogens is 3. The van der Waals surface area contributed by atoms with Gasteiger partial charge in [0, 0.05) is 36.6 Å². The summed E-state index contributed by atoms with van der Waals surface area (Å²) in [7, 11) is 1.31. The maximum absolute atomic E-state index is 13.0. The Kier molecular flexibility index (Phi) is 7.03. The van der Waals surface area contributed by atoms with Gasteiger partial charge in [0.1, 0.15) is 6.04 Å². The molecule has 176 valence electrons. The van der Waals surface area contributed by atoms with Crippen molar-refractivity contribution < 1.29 is 22.7 Å². The predicted octanol–water partition coefficient (Wildman–Crippen LogP) is 5.58. The van der Waals surface area contributed by atoms with Crippen molar-refractivity contribution in [2.75, 3.05) is 7.11 Å². The minimum Gasteiger partial charge on any atom is -0.468 e. The number of para-hydroxylation sites is 1. The maximum Gasteiger partial charge on any atom is 0.416 e. The molecule has 4 rings (SSSR count). The fourth-order valence-corrected chi connectivity index (χ4v) is 4.10. The zero-order chi connectivity index (χ0) is 24.1. The second kappa shape index (κ2) is 10.1. The lowest BCUT2D eigenvalue weighted by atomic mass is 10.0. The van der Waals surface area contributed by atoms with Crippen LogP contribution in [0.3, 0.4) is 0 Å². The number of carbonyl (C=O) groups is 1. The van der Waals surface area contributed by atoms with E-state index in [1.807, 2.05) is 48.7 Å². The van der Waals surface area contributed by atoms with Crippen molar-refractivity contribution in [3.63, 3.8) is 0 Å². The molecule has 0 aliphatic carbocycles. The highest BCUT2D eigenvalue weighted by atomic mass is 19.4. The van der Waals surface area contributed by atoms with Crippen LogP contribution in [0.15, 0.2) is 85.1 Å². The molecule has 1 atom stereocenters. The number of hydrogen-bond acceptors (Lipinski definition) is 3. The zero-order valence-corrected chi connectivity index (χ0v) is 18.7. The van der Waals surface area contributed by atoms with Crippen LogP contribution in [0, 0.1) is 0 Å². The second-order valence-electron chi connectivity index (χ2n) is 8.14. The maximum atomic E-state index is 13.0. The van der Waals surface area contributed by atoms with Gasteiger partial charge in [-0.15, -0.1) is 0 Å². The van der Waals surface area contributed by atoms with Gasteiger partial charge in [0.2, 0.25) is 0 Å². The van der Waals surface area contributed by atoms with E-state index in [4.69, 9.17) is 4.74 Å². The Balaban J connectivity index is 1.57. The van der Waals surface area contributed by atoms with Crippen molar-refractivity contribution in [1.29, 1.82) is 0 Å². The average molecular weight is 467 g/mol. The van der Waals surface area contributed by atoms with E-state index in [9.17, 15) is 18.0 Å². The first-order valence-electron chi connectivity index (χ1n) is 10.9. The minimum absolute atomic E-state index is 0.104. The number of rotatable bonds is 8. The summed E-state index contributed by atoms with van der Waals surface area (Å²) in [5.41, 5.74) is 2.88. The van der Waals surface area contributed by atoms with Crippen molar-refractivity contribution in [2.24, 2.45) is 0 Å². The van der Waals surface area contributed by atoms with Crippen molar-refractivity contribution >= 4 is 16.9 Å². The number of hydrogen-bond donors (Lipinski definition) is 1. The SMILES string of the molecule is COC(=O)[C@@H](Cc1cn(Cc2ccccc2)c2ccccc12)NCc1cccc(C(F)(F)F)c1. The number of fused-ring (bicyclic) bond motifs is 1. The third-order valence-electron chi connectivity index (χ3n) is 5.78. The fourth-order valence-electron chi connectivity index (χ4n) is 4.10. The Labute approximate surface area is 196 Å². The van der Waals surface area contributed by atoms with Crippen molar-refractivity contribution in [3.8, 4) is 0 Å². The van der Waals surface area contributed by atoms with E-state index in [-0.39, 0.29) is 6.54 Å². The van der Waals surface area contributed by atoms with Crippen LogP contribution in [0.5, 0.6) is 0 Å². The lowest BCUT2D eigenvalue weighted by molar-refractivity contribution is -0.143. The summed E-state index contributed by atoms with van der Waals surface area (Å²) >= 11 is 0. The summed E-state index contributed by atoms with van der Waals surface area (Å²) < 4.78 is 46.3. The van der Waals surface area contributed by atoms with Crippen LogP contribution in [0.4, 0.5) is 13.2 Å². The monoisotopic (exact) mass is 466 g/mol. The van der Waals surface area contributed by atoms with E-state index in [0.717, 1.165) is 34.2 Å². The number of esters is 1. The van der Waals surface area contributed by atoms with Crippen LogP contribution in [-0.4, -0.2) is 23.7 Å². The lowest BCUT2D eigenvalue weighted by Gasteiger charge is -2.17. The number of nitrogens with zero attached hydrogens (tertiary/aromatic N) is 1. The Morgan fingerprint density at radius 1 is 0.971 bits per heavy atom. The molecular formula is C27H25F3N2O2. The number of alkyl halides is 3. The third-order valence-corrected chi connectivity index (χ3v) is 5.78. The van der Waals surface area contributed by atoms with Crippen LogP contribution in [0.1, 0.15) is 22.3 Å². The quantitative estimate of drug-likeness (QED) is 0.345. The summed E-state index contributed by atoms with van der Waals surface area (Å²) in [5.74, 6) is -0.466. The molecule has 1 N–H and O–H groups in total. The molecule has 0 radical (unpaired) electrons. The van der Waals surface area contributed by atoms with E-state index in [1.54, 1.807) is 6.07 Å². The zero-order valence-electron chi connectivity index (χ0n) is 18.7. The molecule has 0 unspecified atom stereocenters. The Morgan fingerprint density at radius 2 is 1.68 bits per heavy atom. The third kappa shape index (κ3) is 5.48. The molecule has 0 aliphatic heterocycles. The molecule has 0 amide bonds. The van der Waals surface area contributed by atoms with Crippen LogP contribution >= 0.6 is 0 Å². The van der Waals surface area contributed by atoms with Gasteiger partial charge in [-0.25, -0.2) is 0 Å². The number of nitrogens with one attached hydrogen (secondary N) is 1. The van der Waals surface area contributed by atoms with Gasteiger partial charge in [-0.05, 0) is 28.8 Å². The molecule has 4 aromatic rings. The van der Waals surface area contributed by atoms with E-state index in [2.05, 4.69) is 22.0 Å². The van der Waals surface area contributed by atoms with Crippen LogP contribution in [-0.2, 0) is 35.2 Å². The molecule has 0 saturated heterocycles. The van der Waals surface area contributed by atoms with Crippen LogP contribution < -0.4 is 5.32 Å². The summed E-state index contributed by atoms with van der Waals surface area (Å²) in [5, 5.41) is 4.11. The molecular weight excluding hydrogens is 441 g/mol. The number of aromatic nitrogens is 1. The van der Waals surface area contributed by atoms with Gasteiger partial charge >= 0.3 is 12.1 Å². The molecule has 0 bridgehead atoms. The molecule has 3 aromatic carbocycles. The van der Waals surface area contributed by atoms with Gasteiger partial charge in [0.15, 0.2) is 0 Å². The first-order valence-corrected chi connectivity index (χ1v) is 10.9. The lowest BCUT2D eigenvalue weighted by Crippen LogP contribution is -2.39. The molecule has 1 aromatic heterocycles. The highest BCUT2D eigenvalue weighted by Gasteiger charge is 2.30. The van der Waals surface area contributed by atoms with E-state index < -0.39 is 23.8 Å². The molecule has 4 nitrogen and oxygen atoms in total. The van der Waals surface area contributed by atoms with Crippen LogP contribution in [0.25, 0.3) is 10.9 Å². The molecule has 7 heteroatoms. The first kappa shape index (κ1) is 23.6. The largest absolute Gasteiger partial charge is 0.468 e. The molecule has 0 spiro atoms. The second-order valence-corrected chi connectivity index (χ2v) is 8.14. The highest BCUT2D eigenvalue weighted by Crippen LogP contribution is 2.29. The topological polar surface area (TPSA) is 43.3 Å². The van der Waals surface area contributed by atoms with Crippen molar-refractivity contribution in [1.82, 2.24) is 9.88 Å². The Hall–Kier alpha value is -3.58. The summed E-state index contributed by atoms with van der Waals surface area (Å²) in [6.07, 6.45) is -2.05. The van der Waals surface area contributed by atoms with Crippen molar-refractivity contribution in [3.05, 3.63) is 107 Å². The first-order chi connectivity index (χ1) is 16.3. The molecule has 0 saturated carbocycles. The predicted molar refractivity (Wildman–Crippen MR) is 125 cm³/mol. The smallest absolute Gasteiger partial charge is 0.416 e. The summed E-state index contributed by atoms with van der Waals surface area (Å²) in [6, 6.07) is 22.4. The van der Waals surface area contributed by atoms with Gasteiger partial charge in [-0.3, -0.25) is 4.79 Å². The minimum atomic E-state index is -4.42. The van der Waals surface area contributed by atoms with E-state index in [1.165, 1.54) is 13.2 Å². The van der Waals surface area contributed by atoms with E-state index in [0.29, 0.717) is 18.5 Å². The van der Waals surface area contributed by atoms with Gasteiger partial charge in [-0.1, -0.05) is 66.7 Å². The van der Waals surface area contributed by atoms with Crippen LogP contribution in [0.2, 0.25) is 0 Å². The Morgan fingerprint density at radius 3 is 2.41 bits per heavy atom. The van der Waals surface area contributed by atoms with Gasteiger partial charge in [0.05, 0.1) is 12.7 Å². The van der Waals surface area contributed by atoms with E-state index >= 15 is 0 Å². The number of benzene rings is 3. The number of methoxy groups -OCH3 is 1. The van der Waals surface area contributed by atoms with Gasteiger partial charge in [0.25, 0.3) is 0 Å². The van der Waals surface area contributed by atoms with Gasteiger partial charge < -0.3 is 14.6 Å². The molecule has 0 aliphatic rings. The number of ether oxygens (including phenoxy) is 1. The highest BCUT2D eigenvalue weighted by molar-refractivity contribution is 5.85. The summed E-state index contributed by atoms with van der Waals surface area (Å²) in [6.45, 7) is 0.786. The fraction of sp³-hybridized carbons (Fsp3) is 0.222. The molecule has 0 fully saturated rings. The normalized spacial score (nSPS) is 12.6. The van der Waals surface area contributed by atoms with Gasteiger partial charge in [-0.2, -0.15) is 13.2 Å².